The Kier molecular flexibility index (Phi) is 3.96. The Hall–Kier alpha value is -2.56. The van der Waals surface area contributed by atoms with Crippen LogP contribution in [0.25, 0.3) is 0 Å². The maximum atomic E-state index is 12.5. The zero-order chi connectivity index (χ0) is 15.5. The van der Waals surface area contributed by atoms with Crippen molar-refractivity contribution in [2.75, 3.05) is 36.8 Å². The summed E-state index contributed by atoms with van der Waals surface area (Å²) in [6.45, 7) is 5.17. The number of benzene rings is 1. The molecule has 0 radical (unpaired) electrons. The minimum absolute atomic E-state index is 0.0104. The molecule has 114 valence electrons. The predicted octanol–water partition coefficient (Wildman–Crippen LogP) is 1.93. The van der Waals surface area contributed by atoms with Crippen LogP contribution in [0.2, 0.25) is 0 Å². The number of pyridine rings is 1. The van der Waals surface area contributed by atoms with E-state index in [4.69, 9.17) is 5.73 Å². The van der Waals surface area contributed by atoms with Crippen LogP contribution in [0, 0.1) is 6.92 Å². The van der Waals surface area contributed by atoms with E-state index >= 15 is 0 Å². The van der Waals surface area contributed by atoms with Crippen molar-refractivity contribution in [3.63, 3.8) is 0 Å². The molecule has 2 N–H and O–H groups in total. The maximum absolute atomic E-state index is 12.5. The highest BCUT2D eigenvalue weighted by atomic mass is 16.2. The van der Waals surface area contributed by atoms with E-state index in [0.717, 1.165) is 13.1 Å². The van der Waals surface area contributed by atoms with Crippen molar-refractivity contribution in [3.05, 3.63) is 53.9 Å². The van der Waals surface area contributed by atoms with E-state index in [2.05, 4.69) is 41.1 Å². The molecule has 5 nitrogen and oxygen atoms in total. The molecule has 0 bridgehead atoms. The highest BCUT2D eigenvalue weighted by Crippen LogP contribution is 2.19. The van der Waals surface area contributed by atoms with Gasteiger partial charge in [0, 0.05) is 38.1 Å². The number of amides is 1. The Morgan fingerprint density at radius 1 is 1.18 bits per heavy atom. The lowest BCUT2D eigenvalue weighted by molar-refractivity contribution is 0.0747. The lowest BCUT2D eigenvalue weighted by atomic mass is 10.1. The molecule has 0 unspecified atom stereocenters. The van der Waals surface area contributed by atoms with Gasteiger partial charge in [0.1, 0.15) is 0 Å². The first-order chi connectivity index (χ1) is 10.6. The fraction of sp³-hybridized carbons (Fsp3) is 0.294. The average molecular weight is 296 g/mol. The molecule has 2 heterocycles. The predicted molar refractivity (Wildman–Crippen MR) is 87.9 cm³/mol. The third-order valence-corrected chi connectivity index (χ3v) is 4.02. The van der Waals surface area contributed by atoms with Crippen LogP contribution in [0.5, 0.6) is 0 Å². The van der Waals surface area contributed by atoms with E-state index in [1.807, 2.05) is 4.90 Å². The van der Waals surface area contributed by atoms with Crippen LogP contribution in [0.1, 0.15) is 15.9 Å². The van der Waals surface area contributed by atoms with Gasteiger partial charge in [-0.05, 0) is 30.7 Å². The Morgan fingerprint density at radius 2 is 1.95 bits per heavy atom. The van der Waals surface area contributed by atoms with Crippen LogP contribution in [0.15, 0.2) is 42.7 Å². The number of piperazine rings is 1. The molecule has 1 fully saturated rings. The van der Waals surface area contributed by atoms with Crippen molar-refractivity contribution in [1.29, 1.82) is 0 Å². The minimum atomic E-state index is -0.0104. The zero-order valence-corrected chi connectivity index (χ0v) is 12.7. The van der Waals surface area contributed by atoms with Crippen molar-refractivity contribution in [3.8, 4) is 0 Å². The van der Waals surface area contributed by atoms with Crippen LogP contribution in [0.3, 0.4) is 0 Å². The first kappa shape index (κ1) is 14.4. The Morgan fingerprint density at radius 3 is 2.64 bits per heavy atom. The van der Waals surface area contributed by atoms with Gasteiger partial charge in [0.15, 0.2) is 0 Å². The Labute approximate surface area is 130 Å². The second-order valence-electron chi connectivity index (χ2n) is 5.58. The maximum Gasteiger partial charge on any atom is 0.256 e. The molecule has 22 heavy (non-hydrogen) atoms. The number of nitrogens with zero attached hydrogens (tertiary/aromatic N) is 3. The fourth-order valence-electron chi connectivity index (χ4n) is 2.76. The molecule has 1 aliphatic heterocycles. The number of carbonyl (C=O) groups is 1. The van der Waals surface area contributed by atoms with E-state index in [1.165, 1.54) is 17.4 Å². The fourth-order valence-corrected chi connectivity index (χ4v) is 2.76. The zero-order valence-electron chi connectivity index (χ0n) is 12.7. The van der Waals surface area contributed by atoms with Gasteiger partial charge in [-0.15, -0.1) is 0 Å². The topological polar surface area (TPSA) is 62.5 Å². The molecule has 1 amide bonds. The number of nitrogen functional groups attached to an aromatic ring is 1. The number of aryl methyl sites for hydroxylation is 1. The molecule has 0 saturated carbocycles. The number of anilines is 2. The van der Waals surface area contributed by atoms with Gasteiger partial charge in [-0.2, -0.15) is 0 Å². The molecular formula is C17H20N4O. The summed E-state index contributed by atoms with van der Waals surface area (Å²) < 4.78 is 0. The first-order valence-corrected chi connectivity index (χ1v) is 7.45. The summed E-state index contributed by atoms with van der Waals surface area (Å²) in [6, 6.07) is 10.1. The molecule has 0 aliphatic carbocycles. The summed E-state index contributed by atoms with van der Waals surface area (Å²) in [4.78, 5) is 20.6. The minimum Gasteiger partial charge on any atom is -0.397 e. The van der Waals surface area contributed by atoms with Crippen LogP contribution in [0.4, 0.5) is 11.4 Å². The second kappa shape index (κ2) is 6.05. The van der Waals surface area contributed by atoms with Gasteiger partial charge in [-0.25, -0.2) is 0 Å². The smallest absolute Gasteiger partial charge is 0.256 e. The van der Waals surface area contributed by atoms with Gasteiger partial charge in [0.25, 0.3) is 5.91 Å². The highest BCUT2D eigenvalue weighted by molar-refractivity contribution is 5.99. The molecule has 1 aromatic heterocycles. The van der Waals surface area contributed by atoms with Gasteiger partial charge in [-0.1, -0.05) is 12.1 Å². The van der Waals surface area contributed by atoms with Gasteiger partial charge in [0.05, 0.1) is 17.4 Å². The van der Waals surface area contributed by atoms with Gasteiger partial charge < -0.3 is 15.5 Å². The van der Waals surface area contributed by atoms with Crippen LogP contribution < -0.4 is 10.6 Å². The normalized spacial score (nSPS) is 15.0. The van der Waals surface area contributed by atoms with Crippen molar-refractivity contribution in [2.24, 2.45) is 0 Å². The molecule has 2 aromatic rings. The van der Waals surface area contributed by atoms with E-state index in [9.17, 15) is 4.79 Å². The summed E-state index contributed by atoms with van der Waals surface area (Å²) in [7, 11) is 0. The average Bonchev–Trinajstić information content (AvgIpc) is 2.55. The molecule has 5 heteroatoms. The third-order valence-electron chi connectivity index (χ3n) is 4.02. The summed E-state index contributed by atoms with van der Waals surface area (Å²) >= 11 is 0. The van der Waals surface area contributed by atoms with Crippen molar-refractivity contribution in [2.45, 2.75) is 6.92 Å². The van der Waals surface area contributed by atoms with E-state index < -0.39 is 0 Å². The summed E-state index contributed by atoms with van der Waals surface area (Å²) in [5.41, 5.74) is 9.29. The highest BCUT2D eigenvalue weighted by Gasteiger charge is 2.23. The van der Waals surface area contributed by atoms with Gasteiger partial charge in [-0.3, -0.25) is 9.78 Å². The van der Waals surface area contributed by atoms with Crippen LogP contribution in [-0.2, 0) is 0 Å². The van der Waals surface area contributed by atoms with Crippen molar-refractivity contribution < 1.29 is 4.79 Å². The number of hydrogen-bond acceptors (Lipinski definition) is 4. The van der Waals surface area contributed by atoms with E-state index in [-0.39, 0.29) is 5.91 Å². The SMILES string of the molecule is Cc1cccc(N2CCN(C(=O)c3ccncc3N)CC2)c1. The summed E-state index contributed by atoms with van der Waals surface area (Å²) in [6.07, 6.45) is 3.13. The molecule has 0 atom stereocenters. The number of aromatic nitrogens is 1. The Balaban J connectivity index is 1.67. The van der Waals surface area contributed by atoms with Crippen molar-refractivity contribution in [1.82, 2.24) is 9.88 Å². The summed E-state index contributed by atoms with van der Waals surface area (Å²) in [5, 5.41) is 0. The number of nitrogens with two attached hydrogens (primary N) is 1. The lowest BCUT2D eigenvalue weighted by Crippen LogP contribution is -2.48. The van der Waals surface area contributed by atoms with E-state index in [0.29, 0.717) is 24.3 Å². The third kappa shape index (κ3) is 2.88. The van der Waals surface area contributed by atoms with E-state index in [1.54, 1.807) is 12.3 Å². The molecule has 1 aromatic carbocycles. The quantitative estimate of drug-likeness (QED) is 0.920. The van der Waals surface area contributed by atoms with Crippen molar-refractivity contribution >= 4 is 17.3 Å². The molecule has 0 spiro atoms. The molecule has 1 saturated heterocycles. The van der Waals surface area contributed by atoms with Crippen LogP contribution in [-0.4, -0.2) is 42.0 Å². The number of hydrogen-bond donors (Lipinski definition) is 1. The molecule has 3 rings (SSSR count). The molecular weight excluding hydrogens is 276 g/mol. The number of rotatable bonds is 2. The molecule has 1 aliphatic rings. The van der Waals surface area contributed by atoms with Crippen LogP contribution >= 0.6 is 0 Å². The largest absolute Gasteiger partial charge is 0.397 e. The first-order valence-electron chi connectivity index (χ1n) is 7.45. The monoisotopic (exact) mass is 296 g/mol. The Bertz CT molecular complexity index is 678. The van der Waals surface area contributed by atoms with Gasteiger partial charge >= 0.3 is 0 Å². The summed E-state index contributed by atoms with van der Waals surface area (Å²) in [5.74, 6) is -0.0104. The number of carbonyl (C=O) groups excluding carboxylic acids is 1. The second-order valence-corrected chi connectivity index (χ2v) is 5.58. The standard InChI is InChI=1S/C17H20N4O/c1-13-3-2-4-14(11-13)20-7-9-21(10-8-20)17(22)15-5-6-19-12-16(15)18/h2-6,11-12H,7-10,18H2,1H3. The van der Waals surface area contributed by atoms with Gasteiger partial charge in [0.2, 0.25) is 0 Å². The lowest BCUT2D eigenvalue weighted by Gasteiger charge is -2.36.